The fourth-order valence-corrected chi connectivity index (χ4v) is 3.65. The molecule has 0 aliphatic carbocycles. The monoisotopic (exact) mass is 377 g/mol. The number of carbonyl (C=O) groups is 2. The second-order valence-electron chi connectivity index (χ2n) is 7.02. The van der Waals surface area contributed by atoms with E-state index in [4.69, 9.17) is 4.42 Å². The zero-order valence-electron chi connectivity index (χ0n) is 15.6. The second-order valence-corrected chi connectivity index (χ2v) is 7.02. The molecule has 6 nitrogen and oxygen atoms in total. The fraction of sp³-hybridized carbons (Fsp3) is 0.318. The van der Waals surface area contributed by atoms with E-state index < -0.39 is 0 Å². The summed E-state index contributed by atoms with van der Waals surface area (Å²) in [6.07, 6.45) is 2.40. The molecule has 1 atom stereocenters. The lowest BCUT2D eigenvalue weighted by atomic mass is 10.1. The van der Waals surface area contributed by atoms with Gasteiger partial charge in [-0.2, -0.15) is 0 Å². The number of nitrogens with one attached hydrogen (secondary N) is 1. The highest BCUT2D eigenvalue weighted by Gasteiger charge is 2.33. The van der Waals surface area contributed by atoms with Crippen LogP contribution in [0, 0.1) is 0 Å². The summed E-state index contributed by atoms with van der Waals surface area (Å²) >= 11 is 0. The third kappa shape index (κ3) is 4.06. The highest BCUT2D eigenvalue weighted by Crippen LogP contribution is 2.19. The minimum absolute atomic E-state index is 0.00259. The molecule has 1 aromatic heterocycles. The molecule has 2 amide bonds. The molecule has 2 heterocycles. The van der Waals surface area contributed by atoms with E-state index in [0.29, 0.717) is 38.2 Å². The van der Waals surface area contributed by atoms with E-state index in [1.807, 2.05) is 54.6 Å². The van der Waals surface area contributed by atoms with Gasteiger partial charge in [-0.1, -0.05) is 42.5 Å². The van der Waals surface area contributed by atoms with Crippen molar-refractivity contribution in [2.75, 3.05) is 13.1 Å². The van der Waals surface area contributed by atoms with Gasteiger partial charge in [0.15, 0.2) is 11.5 Å². The Morgan fingerprint density at radius 3 is 2.71 bits per heavy atom. The molecule has 3 aromatic rings. The van der Waals surface area contributed by atoms with Gasteiger partial charge in [0.2, 0.25) is 11.8 Å². The predicted octanol–water partition coefficient (Wildman–Crippen LogP) is 2.72. The van der Waals surface area contributed by atoms with Gasteiger partial charge in [-0.25, -0.2) is 4.98 Å². The second kappa shape index (κ2) is 8.25. The van der Waals surface area contributed by atoms with Gasteiger partial charge >= 0.3 is 0 Å². The highest BCUT2D eigenvalue weighted by molar-refractivity contribution is 5.89. The van der Waals surface area contributed by atoms with Crippen molar-refractivity contribution in [2.45, 2.75) is 31.7 Å². The van der Waals surface area contributed by atoms with Crippen LogP contribution in [0.1, 0.15) is 24.3 Å². The summed E-state index contributed by atoms with van der Waals surface area (Å²) in [6.45, 7) is 1.07. The molecule has 4 rings (SSSR count). The summed E-state index contributed by atoms with van der Waals surface area (Å²) < 4.78 is 5.67. The van der Waals surface area contributed by atoms with Gasteiger partial charge < -0.3 is 14.6 Å². The molecule has 28 heavy (non-hydrogen) atoms. The van der Waals surface area contributed by atoms with Crippen LogP contribution in [0.5, 0.6) is 0 Å². The zero-order chi connectivity index (χ0) is 19.3. The van der Waals surface area contributed by atoms with Crippen LogP contribution < -0.4 is 5.32 Å². The average molecular weight is 377 g/mol. The molecule has 0 unspecified atom stereocenters. The first-order chi connectivity index (χ1) is 13.7. The van der Waals surface area contributed by atoms with Crippen molar-refractivity contribution >= 4 is 22.9 Å². The van der Waals surface area contributed by atoms with E-state index >= 15 is 0 Å². The van der Waals surface area contributed by atoms with Gasteiger partial charge in [0.1, 0.15) is 11.6 Å². The number of aromatic nitrogens is 1. The van der Waals surface area contributed by atoms with Gasteiger partial charge in [-0.15, -0.1) is 0 Å². The average Bonchev–Trinajstić information content (AvgIpc) is 3.35. The Kier molecular flexibility index (Phi) is 5.37. The molecule has 1 fully saturated rings. The van der Waals surface area contributed by atoms with Crippen molar-refractivity contribution in [3.8, 4) is 0 Å². The molecule has 0 bridgehead atoms. The van der Waals surface area contributed by atoms with Crippen LogP contribution >= 0.6 is 0 Å². The largest absolute Gasteiger partial charge is 0.441 e. The zero-order valence-corrected chi connectivity index (χ0v) is 15.6. The Hall–Kier alpha value is -3.15. The van der Waals surface area contributed by atoms with Crippen molar-refractivity contribution in [1.82, 2.24) is 15.2 Å². The maximum Gasteiger partial charge on any atom is 0.242 e. The smallest absolute Gasteiger partial charge is 0.242 e. The Bertz CT molecular complexity index is 934. The van der Waals surface area contributed by atoms with Crippen LogP contribution in [0.3, 0.4) is 0 Å². The number of hydrogen-bond donors (Lipinski definition) is 1. The molecule has 0 radical (unpaired) electrons. The molecular weight excluding hydrogens is 354 g/mol. The number of hydrogen-bond acceptors (Lipinski definition) is 4. The molecule has 6 heteroatoms. The van der Waals surface area contributed by atoms with E-state index in [-0.39, 0.29) is 17.9 Å². The van der Waals surface area contributed by atoms with Crippen LogP contribution in [-0.4, -0.2) is 40.8 Å². The van der Waals surface area contributed by atoms with Crippen LogP contribution in [-0.2, 0) is 22.4 Å². The third-order valence-electron chi connectivity index (χ3n) is 5.05. The molecule has 0 spiro atoms. The lowest BCUT2D eigenvalue weighted by Gasteiger charge is -2.24. The Morgan fingerprint density at radius 2 is 1.89 bits per heavy atom. The van der Waals surface area contributed by atoms with Crippen LogP contribution in [0.4, 0.5) is 0 Å². The Morgan fingerprint density at radius 1 is 1.11 bits per heavy atom. The molecule has 1 saturated heterocycles. The Balaban J connectivity index is 1.31. The summed E-state index contributed by atoms with van der Waals surface area (Å²) in [6, 6.07) is 16.8. The number of likely N-dealkylation sites (tertiary alicyclic amines) is 1. The maximum atomic E-state index is 12.6. The molecule has 1 N–H and O–H groups in total. The predicted molar refractivity (Wildman–Crippen MR) is 106 cm³/mol. The quantitative estimate of drug-likeness (QED) is 0.717. The molecule has 0 saturated carbocycles. The lowest BCUT2D eigenvalue weighted by Crippen LogP contribution is -2.46. The number of nitrogens with zero attached hydrogens (tertiary/aromatic N) is 2. The summed E-state index contributed by atoms with van der Waals surface area (Å²) in [5, 5.41) is 2.93. The summed E-state index contributed by atoms with van der Waals surface area (Å²) in [7, 11) is 0. The van der Waals surface area contributed by atoms with Gasteiger partial charge in [0.05, 0.1) is 6.42 Å². The third-order valence-corrected chi connectivity index (χ3v) is 5.05. The summed E-state index contributed by atoms with van der Waals surface area (Å²) in [5.74, 6) is 0.503. The normalized spacial score (nSPS) is 16.4. The number of fused-ring (bicyclic) bond motifs is 1. The molecule has 144 valence electrons. The topological polar surface area (TPSA) is 75.4 Å². The maximum absolute atomic E-state index is 12.6. The number of amides is 2. The lowest BCUT2D eigenvalue weighted by molar-refractivity contribution is -0.137. The summed E-state index contributed by atoms with van der Waals surface area (Å²) in [5.41, 5.74) is 2.53. The number of oxazole rings is 1. The molecule has 1 aliphatic rings. The van der Waals surface area contributed by atoms with Crippen LogP contribution in [0.25, 0.3) is 11.1 Å². The van der Waals surface area contributed by atoms with Gasteiger partial charge in [0, 0.05) is 19.5 Å². The van der Waals surface area contributed by atoms with E-state index in [1.54, 1.807) is 4.90 Å². The SMILES string of the molecule is O=C(NCCc1nc2ccccc2o1)[C@@H]1CCCN1C(=O)Cc1ccccc1. The number of carbonyl (C=O) groups excluding carboxylic acids is 2. The standard InChI is InChI=1S/C22H23N3O3/c26-21(15-16-7-2-1-3-8-16)25-14-6-10-18(25)22(27)23-13-12-20-24-17-9-4-5-11-19(17)28-20/h1-5,7-9,11,18H,6,10,12-15H2,(H,23,27)/t18-/m0/s1. The van der Waals surface area contributed by atoms with Gasteiger partial charge in [-0.3, -0.25) is 9.59 Å². The van der Waals surface area contributed by atoms with E-state index in [0.717, 1.165) is 23.1 Å². The van der Waals surface area contributed by atoms with Crippen molar-refractivity contribution in [3.05, 3.63) is 66.1 Å². The van der Waals surface area contributed by atoms with Crippen molar-refractivity contribution < 1.29 is 14.0 Å². The first-order valence-electron chi connectivity index (χ1n) is 9.66. The first kappa shape index (κ1) is 18.2. The molecule has 2 aromatic carbocycles. The minimum atomic E-state index is -0.389. The van der Waals surface area contributed by atoms with Crippen molar-refractivity contribution in [2.24, 2.45) is 0 Å². The fourth-order valence-electron chi connectivity index (χ4n) is 3.65. The van der Waals surface area contributed by atoms with Crippen molar-refractivity contribution in [1.29, 1.82) is 0 Å². The molecular formula is C22H23N3O3. The highest BCUT2D eigenvalue weighted by atomic mass is 16.3. The van der Waals surface area contributed by atoms with Gasteiger partial charge in [-0.05, 0) is 30.5 Å². The number of para-hydroxylation sites is 2. The molecule has 1 aliphatic heterocycles. The Labute approximate surface area is 163 Å². The summed E-state index contributed by atoms with van der Waals surface area (Å²) in [4.78, 5) is 31.4. The first-order valence-corrected chi connectivity index (χ1v) is 9.66. The minimum Gasteiger partial charge on any atom is -0.441 e. The van der Waals surface area contributed by atoms with E-state index in [1.165, 1.54) is 0 Å². The van der Waals surface area contributed by atoms with Gasteiger partial charge in [0.25, 0.3) is 0 Å². The van der Waals surface area contributed by atoms with E-state index in [9.17, 15) is 9.59 Å². The number of benzene rings is 2. The number of rotatable bonds is 6. The van der Waals surface area contributed by atoms with Crippen LogP contribution in [0.15, 0.2) is 59.0 Å². The van der Waals surface area contributed by atoms with Crippen LogP contribution in [0.2, 0.25) is 0 Å². The van der Waals surface area contributed by atoms with Crippen molar-refractivity contribution in [3.63, 3.8) is 0 Å². The van der Waals surface area contributed by atoms with E-state index in [2.05, 4.69) is 10.3 Å².